The summed E-state index contributed by atoms with van der Waals surface area (Å²) in [5.41, 5.74) is 5.34. The van der Waals surface area contributed by atoms with Crippen LogP contribution in [0.25, 0.3) is 0 Å². The van der Waals surface area contributed by atoms with Crippen LogP contribution in [0.15, 0.2) is 65.6 Å². The van der Waals surface area contributed by atoms with Crippen LogP contribution in [0.1, 0.15) is 39.0 Å². The molecule has 5 nitrogen and oxygen atoms in total. The highest BCUT2D eigenvalue weighted by atomic mass is 32.2. The number of para-hydroxylation sites is 1. The van der Waals surface area contributed by atoms with E-state index in [-0.39, 0.29) is 10.8 Å². The van der Waals surface area contributed by atoms with Gasteiger partial charge in [0.1, 0.15) is 0 Å². The molecule has 3 aromatic carbocycles. The fourth-order valence-corrected chi connectivity index (χ4v) is 5.36. The van der Waals surface area contributed by atoms with Crippen molar-refractivity contribution in [3.63, 3.8) is 0 Å². The molecule has 1 aliphatic heterocycles. The van der Waals surface area contributed by atoms with Crippen LogP contribution < -0.4 is 9.62 Å². The summed E-state index contributed by atoms with van der Waals surface area (Å²) in [5.74, 6) is -0.185. The number of rotatable bonds is 4. The van der Waals surface area contributed by atoms with Crippen molar-refractivity contribution >= 4 is 27.3 Å². The Hall–Kier alpha value is -3.12. The Bertz CT molecular complexity index is 1270. The van der Waals surface area contributed by atoms with Gasteiger partial charge in [-0.15, -0.1) is 0 Å². The quantitative estimate of drug-likeness (QED) is 0.628. The molecule has 160 valence electrons. The van der Waals surface area contributed by atoms with Gasteiger partial charge in [0, 0.05) is 17.8 Å². The van der Waals surface area contributed by atoms with Crippen molar-refractivity contribution in [2.75, 3.05) is 16.2 Å². The Morgan fingerprint density at radius 3 is 2.48 bits per heavy atom. The summed E-state index contributed by atoms with van der Waals surface area (Å²) in [6.07, 6.45) is 1.82. The van der Waals surface area contributed by atoms with Gasteiger partial charge in [0.15, 0.2) is 0 Å². The van der Waals surface area contributed by atoms with Crippen LogP contribution in [-0.4, -0.2) is 20.9 Å². The number of sulfonamides is 1. The smallest absolute Gasteiger partial charge is 0.262 e. The molecule has 0 unspecified atom stereocenters. The summed E-state index contributed by atoms with van der Waals surface area (Å²) in [4.78, 5) is 15.2. The van der Waals surface area contributed by atoms with Gasteiger partial charge >= 0.3 is 0 Å². The molecule has 0 bridgehead atoms. The van der Waals surface area contributed by atoms with Crippen molar-refractivity contribution in [3.8, 4) is 0 Å². The minimum absolute atomic E-state index is 0.115. The zero-order valence-corrected chi connectivity index (χ0v) is 18.8. The van der Waals surface area contributed by atoms with Crippen molar-refractivity contribution in [2.24, 2.45) is 0 Å². The van der Waals surface area contributed by atoms with E-state index in [0.29, 0.717) is 23.4 Å². The third-order valence-corrected chi connectivity index (χ3v) is 7.22. The second kappa shape index (κ2) is 8.19. The van der Waals surface area contributed by atoms with Crippen molar-refractivity contribution in [1.82, 2.24) is 0 Å². The number of carbonyl (C=O) groups excluding carboxylic acids is 1. The van der Waals surface area contributed by atoms with Gasteiger partial charge in [-0.2, -0.15) is 0 Å². The van der Waals surface area contributed by atoms with Gasteiger partial charge in [0.2, 0.25) is 0 Å². The number of benzene rings is 3. The highest BCUT2D eigenvalue weighted by Crippen LogP contribution is 2.29. The van der Waals surface area contributed by atoms with E-state index in [1.807, 2.05) is 56.3 Å². The Morgan fingerprint density at radius 2 is 1.68 bits per heavy atom. The highest BCUT2D eigenvalue weighted by Gasteiger charge is 2.26. The van der Waals surface area contributed by atoms with Gasteiger partial charge in [-0.25, -0.2) is 8.42 Å². The summed E-state index contributed by atoms with van der Waals surface area (Å²) in [6, 6.07) is 18.4. The predicted octanol–water partition coefficient (Wildman–Crippen LogP) is 5.01. The zero-order chi connectivity index (χ0) is 22.2. The summed E-state index contributed by atoms with van der Waals surface area (Å²) < 4.78 is 29.1. The normalized spacial score (nSPS) is 13.6. The summed E-state index contributed by atoms with van der Waals surface area (Å²) in [7, 11) is -3.85. The fraction of sp³-hybridized carbons (Fsp3) is 0.240. The van der Waals surface area contributed by atoms with E-state index in [1.165, 1.54) is 6.07 Å². The van der Waals surface area contributed by atoms with Gasteiger partial charge in [-0.3, -0.25) is 9.52 Å². The number of hydrogen-bond acceptors (Lipinski definition) is 3. The fourth-order valence-electron chi connectivity index (χ4n) is 3.97. The summed E-state index contributed by atoms with van der Waals surface area (Å²) in [5, 5.41) is 0. The van der Waals surface area contributed by atoms with Gasteiger partial charge in [-0.1, -0.05) is 36.4 Å². The first-order valence-electron chi connectivity index (χ1n) is 10.4. The molecular weight excluding hydrogens is 408 g/mol. The number of fused-ring (bicyclic) bond motifs is 1. The Morgan fingerprint density at radius 1 is 0.935 bits per heavy atom. The third-order valence-electron chi connectivity index (χ3n) is 5.72. The number of nitrogens with one attached hydrogen (secondary N) is 1. The molecule has 0 saturated carbocycles. The van der Waals surface area contributed by atoms with Crippen LogP contribution in [0.2, 0.25) is 0 Å². The van der Waals surface area contributed by atoms with Crippen LogP contribution >= 0.6 is 0 Å². The van der Waals surface area contributed by atoms with E-state index in [4.69, 9.17) is 0 Å². The van der Waals surface area contributed by atoms with Crippen molar-refractivity contribution in [1.29, 1.82) is 0 Å². The van der Waals surface area contributed by atoms with Crippen molar-refractivity contribution < 1.29 is 13.2 Å². The molecule has 0 fully saturated rings. The largest absolute Gasteiger partial charge is 0.308 e. The van der Waals surface area contributed by atoms with Gasteiger partial charge < -0.3 is 4.90 Å². The lowest BCUT2D eigenvalue weighted by Gasteiger charge is -2.29. The van der Waals surface area contributed by atoms with E-state index in [9.17, 15) is 13.2 Å². The number of anilines is 2. The molecule has 1 N–H and O–H groups in total. The first kappa shape index (κ1) is 21.1. The van der Waals surface area contributed by atoms with Gasteiger partial charge in [-0.05, 0) is 80.1 Å². The molecule has 3 aromatic rings. The molecule has 6 heteroatoms. The minimum atomic E-state index is -3.85. The van der Waals surface area contributed by atoms with Crippen LogP contribution in [0, 0.1) is 20.8 Å². The molecule has 1 aliphatic rings. The van der Waals surface area contributed by atoms with E-state index in [1.54, 1.807) is 24.0 Å². The van der Waals surface area contributed by atoms with Crippen LogP contribution in [0.5, 0.6) is 0 Å². The van der Waals surface area contributed by atoms with E-state index in [2.05, 4.69) is 4.72 Å². The molecule has 0 aliphatic carbocycles. The average Bonchev–Trinajstić information content (AvgIpc) is 2.75. The molecule has 0 saturated heterocycles. The molecule has 31 heavy (non-hydrogen) atoms. The lowest BCUT2D eigenvalue weighted by molar-refractivity contribution is 0.0985. The SMILES string of the molecule is Cc1ccc(C)c(NS(=O)(=O)c2cc(C(=O)N3CCCc4ccccc43)ccc2C)c1. The molecule has 4 rings (SSSR count). The first-order valence-corrected chi connectivity index (χ1v) is 11.8. The lowest BCUT2D eigenvalue weighted by Crippen LogP contribution is -2.35. The number of carbonyl (C=O) groups is 1. The molecule has 0 spiro atoms. The average molecular weight is 435 g/mol. The molecular formula is C25H26N2O3S. The number of hydrogen-bond donors (Lipinski definition) is 1. The molecule has 1 amide bonds. The zero-order valence-electron chi connectivity index (χ0n) is 18.0. The third kappa shape index (κ3) is 4.21. The van der Waals surface area contributed by atoms with E-state index < -0.39 is 10.0 Å². The second-order valence-corrected chi connectivity index (χ2v) is 9.74. The maximum absolute atomic E-state index is 13.3. The van der Waals surface area contributed by atoms with E-state index >= 15 is 0 Å². The molecule has 1 heterocycles. The van der Waals surface area contributed by atoms with Gasteiger partial charge in [0.25, 0.3) is 15.9 Å². The lowest BCUT2D eigenvalue weighted by atomic mass is 10.0. The van der Waals surface area contributed by atoms with Crippen molar-refractivity contribution in [2.45, 2.75) is 38.5 Å². The number of aryl methyl sites for hydroxylation is 4. The topological polar surface area (TPSA) is 66.5 Å². The van der Waals surface area contributed by atoms with Crippen LogP contribution in [0.4, 0.5) is 11.4 Å². The van der Waals surface area contributed by atoms with Gasteiger partial charge in [0.05, 0.1) is 10.6 Å². The highest BCUT2D eigenvalue weighted by molar-refractivity contribution is 7.92. The Kier molecular flexibility index (Phi) is 5.58. The molecule has 0 aromatic heterocycles. The van der Waals surface area contributed by atoms with Crippen molar-refractivity contribution in [3.05, 3.63) is 88.5 Å². The predicted molar refractivity (Wildman–Crippen MR) is 124 cm³/mol. The maximum Gasteiger partial charge on any atom is 0.262 e. The second-order valence-electron chi connectivity index (χ2n) is 8.09. The first-order chi connectivity index (χ1) is 14.8. The minimum Gasteiger partial charge on any atom is -0.308 e. The molecule has 0 radical (unpaired) electrons. The van der Waals surface area contributed by atoms with Crippen LogP contribution in [0.3, 0.4) is 0 Å². The number of amides is 1. The van der Waals surface area contributed by atoms with E-state index in [0.717, 1.165) is 35.2 Å². The maximum atomic E-state index is 13.3. The Balaban J connectivity index is 1.69. The Labute approximate surface area is 183 Å². The monoisotopic (exact) mass is 434 g/mol. The molecule has 0 atom stereocenters. The number of nitrogens with zero attached hydrogens (tertiary/aromatic N) is 1. The standard InChI is InChI=1S/C25H26N2O3S/c1-17-10-11-18(2)22(15-17)26-31(29,30)24-16-21(13-12-19(24)3)25(28)27-14-6-8-20-7-4-5-9-23(20)27/h4-5,7,9-13,15-16,26H,6,8,14H2,1-3H3. The van der Waals surface area contributed by atoms with Crippen LogP contribution in [-0.2, 0) is 16.4 Å². The summed E-state index contributed by atoms with van der Waals surface area (Å²) >= 11 is 0. The summed E-state index contributed by atoms with van der Waals surface area (Å²) in [6.45, 7) is 6.13.